The van der Waals surface area contributed by atoms with Crippen LogP contribution in [0.5, 0.6) is 0 Å². The van der Waals surface area contributed by atoms with Gasteiger partial charge in [-0.25, -0.2) is 0 Å². The number of hydrogen-bond donors (Lipinski definition) is 1. The molecule has 0 radical (unpaired) electrons. The highest BCUT2D eigenvalue weighted by molar-refractivity contribution is 5.92. The van der Waals surface area contributed by atoms with Crippen molar-refractivity contribution in [2.75, 3.05) is 26.8 Å². The van der Waals surface area contributed by atoms with Gasteiger partial charge in [-0.15, -0.1) is 0 Å². The second-order valence-corrected chi connectivity index (χ2v) is 6.03. The SMILES string of the molecule is CN(CC1(O)CCOCC1)C(=O)c1cccn1C1CC1. The molecule has 1 aliphatic heterocycles. The van der Waals surface area contributed by atoms with Gasteiger partial charge >= 0.3 is 0 Å². The molecule has 5 heteroatoms. The van der Waals surface area contributed by atoms with E-state index in [0.717, 1.165) is 18.5 Å². The van der Waals surface area contributed by atoms with Crippen LogP contribution in [0.2, 0.25) is 0 Å². The Balaban J connectivity index is 1.68. The molecule has 1 saturated carbocycles. The number of likely N-dealkylation sites (N-methyl/N-ethyl adjacent to an activating group) is 1. The van der Waals surface area contributed by atoms with Crippen molar-refractivity contribution < 1.29 is 14.6 Å². The number of aliphatic hydroxyl groups is 1. The number of aromatic nitrogens is 1. The zero-order valence-electron chi connectivity index (χ0n) is 11.9. The molecule has 2 heterocycles. The van der Waals surface area contributed by atoms with Crippen LogP contribution in [0.4, 0.5) is 0 Å². The van der Waals surface area contributed by atoms with Gasteiger partial charge in [0.05, 0.1) is 5.60 Å². The van der Waals surface area contributed by atoms with Crippen molar-refractivity contribution >= 4 is 5.91 Å². The number of rotatable bonds is 4. The van der Waals surface area contributed by atoms with E-state index in [2.05, 4.69) is 4.57 Å². The Bertz CT molecular complexity index is 487. The first-order valence-corrected chi connectivity index (χ1v) is 7.31. The lowest BCUT2D eigenvalue weighted by atomic mass is 9.94. The smallest absolute Gasteiger partial charge is 0.270 e. The molecule has 20 heavy (non-hydrogen) atoms. The Morgan fingerprint density at radius 2 is 2.20 bits per heavy atom. The molecule has 0 atom stereocenters. The Morgan fingerprint density at radius 1 is 1.50 bits per heavy atom. The minimum atomic E-state index is -0.806. The van der Waals surface area contributed by atoms with Crippen LogP contribution in [0, 0.1) is 0 Å². The first kappa shape index (κ1) is 13.6. The highest BCUT2D eigenvalue weighted by Crippen LogP contribution is 2.36. The first-order valence-electron chi connectivity index (χ1n) is 7.31. The lowest BCUT2D eigenvalue weighted by Crippen LogP contribution is -2.47. The zero-order valence-corrected chi connectivity index (χ0v) is 11.9. The summed E-state index contributed by atoms with van der Waals surface area (Å²) in [5.74, 6) is -0.0122. The maximum absolute atomic E-state index is 12.5. The summed E-state index contributed by atoms with van der Waals surface area (Å²) in [6.07, 6.45) is 5.46. The second-order valence-electron chi connectivity index (χ2n) is 6.03. The van der Waals surface area contributed by atoms with Crippen LogP contribution in [-0.4, -0.2) is 52.9 Å². The van der Waals surface area contributed by atoms with Crippen LogP contribution in [0.25, 0.3) is 0 Å². The molecule has 0 bridgehead atoms. The second kappa shape index (κ2) is 5.22. The highest BCUT2D eigenvalue weighted by Gasteiger charge is 2.34. The number of carbonyl (C=O) groups excluding carboxylic acids is 1. The van der Waals surface area contributed by atoms with Crippen LogP contribution in [0.15, 0.2) is 18.3 Å². The summed E-state index contributed by atoms with van der Waals surface area (Å²) in [7, 11) is 1.76. The Labute approximate surface area is 119 Å². The molecular weight excluding hydrogens is 256 g/mol. The van der Waals surface area contributed by atoms with E-state index in [9.17, 15) is 9.90 Å². The predicted molar refractivity (Wildman–Crippen MR) is 74.7 cm³/mol. The van der Waals surface area contributed by atoms with Crippen LogP contribution in [-0.2, 0) is 4.74 Å². The van der Waals surface area contributed by atoms with Crippen LogP contribution in [0.3, 0.4) is 0 Å². The summed E-state index contributed by atoms with van der Waals surface area (Å²) in [4.78, 5) is 14.2. The monoisotopic (exact) mass is 278 g/mol. The number of carbonyl (C=O) groups is 1. The fourth-order valence-corrected chi connectivity index (χ4v) is 2.86. The quantitative estimate of drug-likeness (QED) is 0.906. The third-order valence-electron chi connectivity index (χ3n) is 4.24. The lowest BCUT2D eigenvalue weighted by molar-refractivity contribution is -0.0735. The van der Waals surface area contributed by atoms with Crippen molar-refractivity contribution in [1.29, 1.82) is 0 Å². The molecule has 3 rings (SSSR count). The van der Waals surface area contributed by atoms with Crippen molar-refractivity contribution in [3.63, 3.8) is 0 Å². The van der Waals surface area contributed by atoms with Crippen molar-refractivity contribution in [2.24, 2.45) is 0 Å². The van der Waals surface area contributed by atoms with Gasteiger partial charge in [-0.1, -0.05) is 0 Å². The van der Waals surface area contributed by atoms with Crippen molar-refractivity contribution in [3.8, 4) is 0 Å². The van der Waals surface area contributed by atoms with Gasteiger partial charge in [0, 0.05) is 51.9 Å². The summed E-state index contributed by atoms with van der Waals surface area (Å²) < 4.78 is 7.33. The molecule has 1 aromatic rings. The van der Waals surface area contributed by atoms with Crippen molar-refractivity contribution in [3.05, 3.63) is 24.0 Å². The predicted octanol–water partition coefficient (Wildman–Crippen LogP) is 1.44. The molecule has 2 fully saturated rings. The molecule has 0 spiro atoms. The fourth-order valence-electron chi connectivity index (χ4n) is 2.86. The highest BCUT2D eigenvalue weighted by atomic mass is 16.5. The molecule has 1 aromatic heterocycles. The van der Waals surface area contributed by atoms with E-state index in [1.165, 1.54) is 0 Å². The van der Waals surface area contributed by atoms with Gasteiger partial charge in [-0.05, 0) is 25.0 Å². The van der Waals surface area contributed by atoms with E-state index in [-0.39, 0.29) is 5.91 Å². The number of amides is 1. The van der Waals surface area contributed by atoms with E-state index < -0.39 is 5.60 Å². The molecule has 110 valence electrons. The van der Waals surface area contributed by atoms with Gasteiger partial charge < -0.3 is 19.3 Å². The fraction of sp³-hybridized carbons (Fsp3) is 0.667. The Kier molecular flexibility index (Phi) is 3.56. The largest absolute Gasteiger partial charge is 0.388 e. The van der Waals surface area contributed by atoms with E-state index in [1.54, 1.807) is 11.9 Å². The van der Waals surface area contributed by atoms with E-state index in [4.69, 9.17) is 4.74 Å². The molecule has 2 aliphatic rings. The minimum Gasteiger partial charge on any atom is -0.388 e. The summed E-state index contributed by atoms with van der Waals surface area (Å²) >= 11 is 0. The van der Waals surface area contributed by atoms with Gasteiger partial charge in [0.1, 0.15) is 5.69 Å². The molecule has 1 aliphatic carbocycles. The summed E-state index contributed by atoms with van der Waals surface area (Å²) in [5, 5.41) is 10.5. The van der Waals surface area contributed by atoms with E-state index in [1.807, 2.05) is 18.3 Å². The van der Waals surface area contributed by atoms with Gasteiger partial charge in [-0.3, -0.25) is 4.79 Å². The first-order chi connectivity index (χ1) is 9.59. The van der Waals surface area contributed by atoms with Crippen LogP contribution in [0.1, 0.15) is 42.2 Å². The van der Waals surface area contributed by atoms with Gasteiger partial charge in [0.25, 0.3) is 5.91 Å². The van der Waals surface area contributed by atoms with Crippen molar-refractivity contribution in [2.45, 2.75) is 37.3 Å². The third-order valence-corrected chi connectivity index (χ3v) is 4.24. The summed E-state index contributed by atoms with van der Waals surface area (Å²) in [5.41, 5.74) is -0.0784. The third kappa shape index (κ3) is 2.74. The van der Waals surface area contributed by atoms with E-state index >= 15 is 0 Å². The Morgan fingerprint density at radius 3 is 2.85 bits per heavy atom. The number of hydrogen-bond acceptors (Lipinski definition) is 3. The Hall–Kier alpha value is -1.33. The average Bonchev–Trinajstić information content (AvgIpc) is 3.16. The van der Waals surface area contributed by atoms with Crippen LogP contribution >= 0.6 is 0 Å². The van der Waals surface area contributed by atoms with Gasteiger partial charge in [0.15, 0.2) is 0 Å². The zero-order chi connectivity index (χ0) is 14.2. The molecule has 0 aromatic carbocycles. The van der Waals surface area contributed by atoms with Crippen molar-refractivity contribution in [1.82, 2.24) is 9.47 Å². The summed E-state index contributed by atoms with van der Waals surface area (Å²) in [6, 6.07) is 4.27. The molecule has 1 saturated heterocycles. The molecule has 1 N–H and O–H groups in total. The maximum Gasteiger partial charge on any atom is 0.270 e. The van der Waals surface area contributed by atoms with E-state index in [0.29, 0.717) is 38.6 Å². The maximum atomic E-state index is 12.5. The van der Waals surface area contributed by atoms with Crippen LogP contribution < -0.4 is 0 Å². The topological polar surface area (TPSA) is 54.7 Å². The lowest BCUT2D eigenvalue weighted by Gasteiger charge is -2.35. The number of ether oxygens (including phenoxy) is 1. The number of nitrogens with zero attached hydrogens (tertiary/aromatic N) is 2. The molecule has 1 amide bonds. The normalized spacial score (nSPS) is 21.7. The van der Waals surface area contributed by atoms with Gasteiger partial charge in [0.2, 0.25) is 0 Å². The molecule has 0 unspecified atom stereocenters. The molecule has 5 nitrogen and oxygen atoms in total. The van der Waals surface area contributed by atoms with Gasteiger partial charge in [-0.2, -0.15) is 0 Å². The standard InChI is InChI=1S/C15H22N2O3/c1-16(11-15(19)6-9-20-10-7-15)14(18)13-3-2-8-17(13)12-4-5-12/h2-3,8,12,19H,4-7,9-11H2,1H3. The average molecular weight is 278 g/mol. The minimum absolute atomic E-state index is 0.0122. The molecular formula is C15H22N2O3. The summed E-state index contributed by atoms with van der Waals surface area (Å²) in [6.45, 7) is 1.50.